The molecular weight excluding hydrogens is 102 g/mol. The highest BCUT2D eigenvalue weighted by atomic mass is 31.0. The van der Waals surface area contributed by atoms with Crippen LogP contribution in [-0.4, -0.2) is 28.3 Å². The van der Waals surface area contributed by atoms with Gasteiger partial charge in [0.25, 0.3) is 9.12 Å². The van der Waals surface area contributed by atoms with Crippen molar-refractivity contribution in [3.8, 4) is 0 Å². The Morgan fingerprint density at radius 2 is 1.25 bits per heavy atom. The van der Waals surface area contributed by atoms with Crippen molar-refractivity contribution in [2.45, 2.75) is 0 Å². The van der Waals surface area contributed by atoms with Crippen molar-refractivity contribution >= 4 is 37.4 Å². The second-order valence-electron chi connectivity index (χ2n) is 0. The van der Waals surface area contributed by atoms with Crippen molar-refractivity contribution in [3.05, 3.63) is 0 Å². The molecule has 1 nitrogen and oxygen atoms in total. The Hall–Kier alpha value is 0.849. The van der Waals surface area contributed by atoms with E-state index in [0.717, 1.165) is 0 Å². The van der Waals surface area contributed by atoms with Gasteiger partial charge in [-0.25, -0.2) is 0 Å². The van der Waals surface area contributed by atoms with Crippen LogP contribution >= 0.6 is 9.12 Å². The van der Waals surface area contributed by atoms with Gasteiger partial charge in [0.1, 0.15) is 0 Å². The van der Waals surface area contributed by atoms with Crippen LogP contribution in [0.2, 0.25) is 0 Å². The first-order valence-electron chi connectivity index (χ1n) is 0.183. The average Bonchev–Trinajstić information content (AvgIpc) is 1.00. The lowest BCUT2D eigenvalue weighted by atomic mass is 16.0. The van der Waals surface area contributed by atoms with Gasteiger partial charge in [0.2, 0.25) is 0 Å². The van der Waals surface area contributed by atoms with E-state index in [-0.39, 0.29) is 28.3 Å². The van der Waals surface area contributed by atoms with Gasteiger partial charge in [0, 0.05) is 0 Å². The zero-order valence-electron chi connectivity index (χ0n) is 0.855. The fourth-order valence-corrected chi connectivity index (χ4v) is 0. The molecule has 0 aliphatic heterocycles. The topological polar surface area (TPSA) is 17.1 Å². The smallest absolute Gasteiger partial charge is 0.261 e. The van der Waals surface area contributed by atoms with E-state index in [1.54, 1.807) is 0 Å². The van der Waals surface area contributed by atoms with Crippen molar-refractivity contribution in [2.24, 2.45) is 0 Å². The molecule has 0 aromatic carbocycles. The molecule has 4 heavy (non-hydrogen) atoms. The molecule has 0 atom stereocenters. The Morgan fingerprint density at radius 3 is 1.25 bits per heavy atom. The molecule has 0 spiro atoms. The molecule has 0 aromatic rings. The van der Waals surface area contributed by atoms with Crippen molar-refractivity contribution in [1.29, 1.82) is 0 Å². The summed E-state index contributed by atoms with van der Waals surface area (Å²) in [7, 11) is 2.28. The summed E-state index contributed by atoms with van der Waals surface area (Å²) in [5.74, 6) is 0. The van der Waals surface area contributed by atoms with Crippen molar-refractivity contribution in [3.63, 3.8) is 0 Å². The quantitative estimate of drug-likeness (QED) is 0.262. The molecule has 4 heteroatoms. The van der Waals surface area contributed by atoms with E-state index in [1.807, 2.05) is 0 Å². The molecule has 0 bridgehead atoms. The Morgan fingerprint density at radius 1 is 1.25 bits per heavy atom. The van der Waals surface area contributed by atoms with Crippen LogP contribution in [-0.2, 0) is 4.57 Å². The Labute approximate surface area is 42.6 Å². The molecule has 25 valence electrons. The first-order chi connectivity index (χ1) is 1.00. The molecular formula is H7AlOPSi. The lowest BCUT2D eigenvalue weighted by molar-refractivity contribution is 0.607. The van der Waals surface area contributed by atoms with Gasteiger partial charge in [-0.05, 0) is 11.0 Å². The van der Waals surface area contributed by atoms with Gasteiger partial charge in [-0.2, -0.15) is 0 Å². The van der Waals surface area contributed by atoms with E-state index in [1.165, 1.54) is 0 Å². The second kappa shape index (κ2) is 43.3. The summed E-state index contributed by atoms with van der Waals surface area (Å²) in [6.45, 7) is 0. The van der Waals surface area contributed by atoms with Crippen molar-refractivity contribution in [2.75, 3.05) is 0 Å². The predicted molar refractivity (Wildman–Crippen MR) is 28.9 cm³/mol. The van der Waals surface area contributed by atoms with E-state index in [0.29, 0.717) is 0 Å². The number of rotatable bonds is 0. The summed E-state index contributed by atoms with van der Waals surface area (Å²) in [4.78, 5) is 0. The highest BCUT2D eigenvalue weighted by Crippen LogP contribution is 1.23. The van der Waals surface area contributed by atoms with E-state index < -0.39 is 0 Å². The van der Waals surface area contributed by atoms with Crippen molar-refractivity contribution < 1.29 is 4.57 Å². The maximum Gasteiger partial charge on any atom is 0.261 e. The molecule has 0 rings (SSSR count). The zero-order valence-corrected chi connectivity index (χ0v) is 1.75. The maximum atomic E-state index is 7.94. The number of hydrogen-bond acceptors (Lipinski definition) is 1. The first kappa shape index (κ1) is 21.0. The monoisotopic (exact) mass is 109 g/mol. The molecule has 0 aliphatic rings. The Bertz CT molecular complexity index is 8.00. The van der Waals surface area contributed by atoms with Crippen LogP contribution in [0.3, 0.4) is 0 Å². The highest BCUT2D eigenvalue weighted by molar-refractivity contribution is 7.00. The average molecular weight is 109 g/mol. The molecule has 0 heterocycles. The summed E-state index contributed by atoms with van der Waals surface area (Å²) in [5.41, 5.74) is 0. The van der Waals surface area contributed by atoms with Crippen LogP contribution in [0.1, 0.15) is 0 Å². The van der Waals surface area contributed by atoms with Gasteiger partial charge >= 0.3 is 0 Å². The van der Waals surface area contributed by atoms with E-state index in [9.17, 15) is 0 Å². The highest BCUT2D eigenvalue weighted by Gasteiger charge is 0.754. The third kappa shape index (κ3) is 13.5. The fraction of sp³-hybridized carbons (Fsp3) is 0. The zero-order chi connectivity index (χ0) is 2.00. The fourth-order valence-electron chi connectivity index (χ4n) is 0. The minimum absolute atomic E-state index is 0. The SMILES string of the molecule is O=[P].[AlH3].[SiH4]. The van der Waals surface area contributed by atoms with Gasteiger partial charge in [-0.3, -0.25) is 4.57 Å². The van der Waals surface area contributed by atoms with Gasteiger partial charge in [0.15, 0.2) is 17.4 Å². The van der Waals surface area contributed by atoms with Crippen LogP contribution in [0.4, 0.5) is 0 Å². The lowest BCUT2D eigenvalue weighted by Gasteiger charge is -0.754. The standard InChI is InChI=1S/Al.OP.H4Si.3H/c;1-2;;;;/h;;1H4;;;. The van der Waals surface area contributed by atoms with Gasteiger partial charge in [-0.1, -0.05) is 0 Å². The minimum Gasteiger partial charge on any atom is -0.261 e. The summed E-state index contributed by atoms with van der Waals surface area (Å²) >= 11 is 0. The third-order valence-corrected chi connectivity index (χ3v) is 0. The minimum atomic E-state index is 0. The van der Waals surface area contributed by atoms with Gasteiger partial charge < -0.3 is 0 Å². The molecule has 0 fully saturated rings. The van der Waals surface area contributed by atoms with Gasteiger partial charge in [-0.15, -0.1) is 0 Å². The van der Waals surface area contributed by atoms with Crippen LogP contribution < -0.4 is 0 Å². The molecule has 0 unspecified atom stereocenters. The lowest BCUT2D eigenvalue weighted by Crippen LogP contribution is -0.489. The second-order valence-corrected chi connectivity index (χ2v) is 0. The van der Waals surface area contributed by atoms with Crippen molar-refractivity contribution in [1.82, 2.24) is 0 Å². The molecule has 0 aromatic heterocycles. The summed E-state index contributed by atoms with van der Waals surface area (Å²) in [6.07, 6.45) is 0. The summed E-state index contributed by atoms with van der Waals surface area (Å²) in [5, 5.41) is 0. The normalized spacial score (nSPS) is 1.00. The predicted octanol–water partition coefficient (Wildman–Crippen LogP) is -1.89. The number of hydrogen-bond donors (Lipinski definition) is 0. The first-order valence-corrected chi connectivity index (χ1v) is 0.548. The summed E-state index contributed by atoms with van der Waals surface area (Å²) < 4.78 is 7.94. The third-order valence-electron chi connectivity index (χ3n) is 0. The largest absolute Gasteiger partial charge is 0.261 e. The molecule has 0 N–H and O–H groups in total. The van der Waals surface area contributed by atoms with E-state index in [2.05, 4.69) is 9.12 Å². The van der Waals surface area contributed by atoms with Crippen LogP contribution in [0.25, 0.3) is 0 Å². The van der Waals surface area contributed by atoms with E-state index >= 15 is 0 Å². The Kier molecular flexibility index (Phi) is 228. The molecule has 0 amide bonds. The Balaban J connectivity index is -0.00000000500. The summed E-state index contributed by atoms with van der Waals surface area (Å²) in [6, 6.07) is 0. The van der Waals surface area contributed by atoms with Crippen LogP contribution in [0.5, 0.6) is 0 Å². The molecule has 0 saturated carbocycles. The van der Waals surface area contributed by atoms with Gasteiger partial charge in [0.05, 0.1) is 0 Å². The maximum absolute atomic E-state index is 7.94. The van der Waals surface area contributed by atoms with E-state index in [4.69, 9.17) is 4.57 Å². The molecule has 0 aliphatic carbocycles. The van der Waals surface area contributed by atoms with Crippen LogP contribution in [0, 0.1) is 0 Å². The molecule has 0 saturated heterocycles. The van der Waals surface area contributed by atoms with Crippen LogP contribution in [0.15, 0.2) is 0 Å². The molecule has 1 radical (unpaired) electrons.